The van der Waals surface area contributed by atoms with Crippen molar-refractivity contribution in [1.29, 1.82) is 0 Å². The Balaban J connectivity index is 1.94. The summed E-state index contributed by atoms with van der Waals surface area (Å²) >= 11 is 0. The first-order chi connectivity index (χ1) is 11.0. The van der Waals surface area contributed by atoms with Crippen molar-refractivity contribution in [1.82, 2.24) is 15.6 Å². The van der Waals surface area contributed by atoms with Crippen molar-refractivity contribution in [3.63, 3.8) is 0 Å². The fourth-order valence-electron chi connectivity index (χ4n) is 1.96. The van der Waals surface area contributed by atoms with Crippen LogP contribution < -0.4 is 10.6 Å². The van der Waals surface area contributed by atoms with Gasteiger partial charge in [-0.2, -0.15) is 0 Å². The first-order valence-electron chi connectivity index (χ1n) is 7.19. The predicted octanol–water partition coefficient (Wildman–Crippen LogP) is 1.58. The number of hydrogen-bond acceptors (Lipinski definition) is 4. The molecule has 2 aromatic rings. The maximum absolute atomic E-state index is 12.9. The van der Waals surface area contributed by atoms with Gasteiger partial charge in [0.15, 0.2) is 0 Å². The summed E-state index contributed by atoms with van der Waals surface area (Å²) in [4.78, 5) is 26.8. The standard InChI is InChI=1S/C16H18FN3O3/c1-10-14(9-15(22)19-8-7-18-11(2)21)20-16(23-10)12-3-5-13(17)6-4-12/h3-6H,7-9H2,1-2H3,(H,18,21)(H,19,22). The SMILES string of the molecule is CC(=O)NCCNC(=O)Cc1nc(-c2ccc(F)cc2)oc1C. The monoisotopic (exact) mass is 319 g/mol. The highest BCUT2D eigenvalue weighted by atomic mass is 19.1. The largest absolute Gasteiger partial charge is 0.441 e. The Hall–Kier alpha value is -2.70. The quantitative estimate of drug-likeness (QED) is 0.792. The Morgan fingerprint density at radius 3 is 2.48 bits per heavy atom. The maximum atomic E-state index is 12.9. The molecule has 0 spiro atoms. The van der Waals surface area contributed by atoms with Gasteiger partial charge in [-0.3, -0.25) is 9.59 Å². The van der Waals surface area contributed by atoms with Gasteiger partial charge in [0, 0.05) is 25.6 Å². The third kappa shape index (κ3) is 4.91. The van der Waals surface area contributed by atoms with Crippen molar-refractivity contribution in [2.24, 2.45) is 0 Å². The lowest BCUT2D eigenvalue weighted by atomic mass is 10.2. The predicted molar refractivity (Wildman–Crippen MR) is 82.0 cm³/mol. The van der Waals surface area contributed by atoms with Crippen molar-refractivity contribution in [2.45, 2.75) is 20.3 Å². The third-order valence-electron chi connectivity index (χ3n) is 3.13. The highest BCUT2D eigenvalue weighted by Gasteiger charge is 2.14. The van der Waals surface area contributed by atoms with Gasteiger partial charge in [0.05, 0.1) is 12.1 Å². The Kier molecular flexibility index (Phi) is 5.46. The van der Waals surface area contributed by atoms with Crippen molar-refractivity contribution in [3.05, 3.63) is 41.5 Å². The van der Waals surface area contributed by atoms with Crippen LogP contribution in [0.15, 0.2) is 28.7 Å². The zero-order chi connectivity index (χ0) is 16.8. The molecule has 0 aliphatic heterocycles. The number of aryl methyl sites for hydroxylation is 1. The molecule has 0 aliphatic carbocycles. The minimum absolute atomic E-state index is 0.0800. The molecule has 0 bridgehead atoms. The van der Waals surface area contributed by atoms with E-state index in [-0.39, 0.29) is 24.1 Å². The van der Waals surface area contributed by atoms with Crippen LogP contribution in [0.5, 0.6) is 0 Å². The highest BCUT2D eigenvalue weighted by Crippen LogP contribution is 2.22. The third-order valence-corrected chi connectivity index (χ3v) is 3.13. The minimum atomic E-state index is -0.337. The summed E-state index contributed by atoms with van der Waals surface area (Å²) in [6.45, 7) is 3.86. The van der Waals surface area contributed by atoms with Crippen molar-refractivity contribution < 1.29 is 18.4 Å². The molecule has 0 atom stereocenters. The number of rotatable bonds is 6. The maximum Gasteiger partial charge on any atom is 0.226 e. The summed E-state index contributed by atoms with van der Waals surface area (Å²) in [6.07, 6.45) is 0.0800. The summed E-state index contributed by atoms with van der Waals surface area (Å²) < 4.78 is 18.5. The van der Waals surface area contributed by atoms with Gasteiger partial charge < -0.3 is 15.1 Å². The fraction of sp³-hybridized carbons (Fsp3) is 0.312. The molecule has 2 rings (SSSR count). The van der Waals surface area contributed by atoms with Gasteiger partial charge in [-0.05, 0) is 31.2 Å². The molecule has 0 radical (unpaired) electrons. The molecular formula is C16H18FN3O3. The van der Waals surface area contributed by atoms with Crippen LogP contribution >= 0.6 is 0 Å². The first kappa shape index (κ1) is 16.7. The topological polar surface area (TPSA) is 84.2 Å². The molecule has 1 aromatic heterocycles. The number of oxazole rings is 1. The molecule has 2 amide bonds. The van der Waals surface area contributed by atoms with Crippen LogP contribution in [0.4, 0.5) is 4.39 Å². The van der Waals surface area contributed by atoms with Gasteiger partial charge >= 0.3 is 0 Å². The molecule has 0 aliphatic rings. The number of benzene rings is 1. The van der Waals surface area contributed by atoms with Crippen LogP contribution in [0.3, 0.4) is 0 Å². The molecule has 2 N–H and O–H groups in total. The number of carbonyl (C=O) groups excluding carboxylic acids is 2. The van der Waals surface area contributed by atoms with Crippen LogP contribution in [-0.4, -0.2) is 29.9 Å². The van der Waals surface area contributed by atoms with Crippen LogP contribution in [0.2, 0.25) is 0 Å². The Bertz CT molecular complexity index is 695. The summed E-state index contributed by atoms with van der Waals surface area (Å²) in [5.41, 5.74) is 1.17. The van der Waals surface area contributed by atoms with E-state index < -0.39 is 0 Å². The lowest BCUT2D eigenvalue weighted by molar-refractivity contribution is -0.121. The van der Waals surface area contributed by atoms with Crippen LogP contribution in [0.25, 0.3) is 11.5 Å². The Labute approximate surface area is 133 Å². The van der Waals surface area contributed by atoms with E-state index in [1.165, 1.54) is 19.1 Å². The second-order valence-corrected chi connectivity index (χ2v) is 5.04. The Morgan fingerprint density at radius 1 is 1.17 bits per heavy atom. The highest BCUT2D eigenvalue weighted by molar-refractivity contribution is 5.78. The Morgan fingerprint density at radius 2 is 1.83 bits per heavy atom. The van der Waals surface area contributed by atoms with Gasteiger partial charge in [0.25, 0.3) is 0 Å². The van der Waals surface area contributed by atoms with E-state index in [0.29, 0.717) is 36.0 Å². The molecule has 6 nitrogen and oxygen atoms in total. The van der Waals surface area contributed by atoms with E-state index in [1.807, 2.05) is 0 Å². The van der Waals surface area contributed by atoms with Gasteiger partial charge in [-0.25, -0.2) is 9.37 Å². The average Bonchev–Trinajstić information content (AvgIpc) is 2.85. The number of aromatic nitrogens is 1. The van der Waals surface area contributed by atoms with E-state index >= 15 is 0 Å². The van der Waals surface area contributed by atoms with E-state index in [4.69, 9.17) is 4.42 Å². The number of halogens is 1. The van der Waals surface area contributed by atoms with E-state index in [0.717, 1.165) is 0 Å². The van der Waals surface area contributed by atoms with E-state index in [9.17, 15) is 14.0 Å². The zero-order valence-corrected chi connectivity index (χ0v) is 13.0. The molecular weight excluding hydrogens is 301 g/mol. The molecule has 1 aromatic carbocycles. The summed E-state index contributed by atoms with van der Waals surface area (Å²) in [7, 11) is 0. The number of hydrogen-bond donors (Lipinski definition) is 2. The molecule has 7 heteroatoms. The molecule has 0 fully saturated rings. The molecule has 23 heavy (non-hydrogen) atoms. The van der Waals surface area contributed by atoms with Crippen LogP contribution in [-0.2, 0) is 16.0 Å². The summed E-state index contributed by atoms with van der Waals surface area (Å²) in [6, 6.07) is 5.78. The van der Waals surface area contributed by atoms with Gasteiger partial charge in [0.1, 0.15) is 11.6 Å². The molecule has 1 heterocycles. The number of nitrogens with zero attached hydrogens (tertiary/aromatic N) is 1. The van der Waals surface area contributed by atoms with Crippen LogP contribution in [0.1, 0.15) is 18.4 Å². The molecule has 0 saturated heterocycles. The van der Waals surface area contributed by atoms with Crippen LogP contribution in [0, 0.1) is 12.7 Å². The number of nitrogens with one attached hydrogen (secondary N) is 2. The smallest absolute Gasteiger partial charge is 0.226 e. The van der Waals surface area contributed by atoms with Gasteiger partial charge in [-0.1, -0.05) is 0 Å². The summed E-state index contributed by atoms with van der Waals surface area (Å²) in [5.74, 6) is 0.202. The molecule has 0 saturated carbocycles. The average molecular weight is 319 g/mol. The van der Waals surface area contributed by atoms with E-state index in [1.54, 1.807) is 19.1 Å². The second-order valence-electron chi connectivity index (χ2n) is 5.04. The second kappa shape index (κ2) is 7.53. The van der Waals surface area contributed by atoms with Gasteiger partial charge in [-0.15, -0.1) is 0 Å². The van der Waals surface area contributed by atoms with Crippen molar-refractivity contribution in [2.75, 3.05) is 13.1 Å². The number of carbonyl (C=O) groups is 2. The number of amides is 2. The fourth-order valence-corrected chi connectivity index (χ4v) is 1.96. The zero-order valence-electron chi connectivity index (χ0n) is 13.0. The molecule has 0 unspecified atom stereocenters. The minimum Gasteiger partial charge on any atom is -0.441 e. The first-order valence-corrected chi connectivity index (χ1v) is 7.19. The lowest BCUT2D eigenvalue weighted by Crippen LogP contribution is -2.34. The summed E-state index contributed by atoms with van der Waals surface area (Å²) in [5, 5.41) is 5.27. The molecule has 122 valence electrons. The lowest BCUT2D eigenvalue weighted by Gasteiger charge is -2.04. The normalized spacial score (nSPS) is 10.4. The van der Waals surface area contributed by atoms with E-state index in [2.05, 4.69) is 15.6 Å². The van der Waals surface area contributed by atoms with Crippen molar-refractivity contribution >= 4 is 11.8 Å². The van der Waals surface area contributed by atoms with Crippen molar-refractivity contribution in [3.8, 4) is 11.5 Å². The van der Waals surface area contributed by atoms with Gasteiger partial charge in [0.2, 0.25) is 17.7 Å².